The maximum Gasteiger partial charge on any atom is 0.305 e. The van der Waals surface area contributed by atoms with Gasteiger partial charge in [-0.1, -0.05) is 0 Å². The van der Waals surface area contributed by atoms with Gasteiger partial charge in [-0.15, -0.1) is 0 Å². The zero-order valence-corrected chi connectivity index (χ0v) is 6.78. The maximum absolute atomic E-state index is 10.7. The number of carboxylic acid groups (broad SMARTS) is 1. The Morgan fingerprint density at radius 1 is 1.33 bits per heavy atom. The van der Waals surface area contributed by atoms with E-state index in [9.17, 15) is 9.59 Å². The highest BCUT2D eigenvalue weighted by molar-refractivity contribution is 5.71. The van der Waals surface area contributed by atoms with Gasteiger partial charge in [-0.3, -0.25) is 9.59 Å². The van der Waals surface area contributed by atoms with E-state index < -0.39 is 5.97 Å². The van der Waals surface area contributed by atoms with Crippen LogP contribution in [0.2, 0.25) is 0 Å². The highest BCUT2D eigenvalue weighted by Crippen LogP contribution is 1.96. The molecular weight excluding hydrogens is 162 g/mol. The molecule has 0 bridgehead atoms. The Hall–Kier alpha value is -1.10. The molecule has 12 heavy (non-hydrogen) atoms. The van der Waals surface area contributed by atoms with Gasteiger partial charge in [0.1, 0.15) is 6.61 Å². The van der Waals surface area contributed by atoms with E-state index in [-0.39, 0.29) is 25.4 Å². The molecule has 5 heteroatoms. The summed E-state index contributed by atoms with van der Waals surface area (Å²) in [7, 11) is 0. The molecule has 0 heterocycles. The van der Waals surface area contributed by atoms with Gasteiger partial charge in [-0.2, -0.15) is 0 Å². The first-order valence-corrected chi connectivity index (χ1v) is 3.74. The number of ether oxygens (including phenoxy) is 1. The molecule has 0 saturated heterocycles. The molecule has 0 aliphatic carbocycles. The van der Waals surface area contributed by atoms with E-state index in [0.717, 1.165) is 0 Å². The summed E-state index contributed by atoms with van der Waals surface area (Å²) in [5.41, 5.74) is 5.08. The van der Waals surface area contributed by atoms with E-state index >= 15 is 0 Å². The van der Waals surface area contributed by atoms with Crippen molar-refractivity contribution in [2.75, 3.05) is 13.2 Å². The largest absolute Gasteiger partial charge is 0.481 e. The Morgan fingerprint density at radius 3 is 2.50 bits per heavy atom. The van der Waals surface area contributed by atoms with Crippen LogP contribution in [0, 0.1) is 0 Å². The molecule has 70 valence electrons. The van der Waals surface area contributed by atoms with Crippen molar-refractivity contribution >= 4 is 11.9 Å². The molecular formula is C7H13NO4. The van der Waals surface area contributed by atoms with Crippen LogP contribution in [-0.4, -0.2) is 30.2 Å². The van der Waals surface area contributed by atoms with E-state index in [1.54, 1.807) is 0 Å². The van der Waals surface area contributed by atoms with Gasteiger partial charge in [0, 0.05) is 19.4 Å². The SMILES string of the molecule is NCCOC(=O)CCCC(=O)O. The van der Waals surface area contributed by atoms with Gasteiger partial charge < -0.3 is 15.6 Å². The molecule has 0 aromatic heterocycles. The van der Waals surface area contributed by atoms with Gasteiger partial charge in [0.15, 0.2) is 0 Å². The van der Waals surface area contributed by atoms with Gasteiger partial charge in [-0.25, -0.2) is 0 Å². The van der Waals surface area contributed by atoms with Crippen molar-refractivity contribution in [3.05, 3.63) is 0 Å². The smallest absolute Gasteiger partial charge is 0.305 e. The summed E-state index contributed by atoms with van der Waals surface area (Å²) < 4.78 is 4.62. The van der Waals surface area contributed by atoms with Crippen LogP contribution in [0.15, 0.2) is 0 Å². The fourth-order valence-corrected chi connectivity index (χ4v) is 0.629. The normalized spacial score (nSPS) is 9.42. The van der Waals surface area contributed by atoms with Crippen LogP contribution in [0.4, 0.5) is 0 Å². The van der Waals surface area contributed by atoms with Crippen molar-refractivity contribution in [1.29, 1.82) is 0 Å². The molecule has 0 aliphatic heterocycles. The standard InChI is InChI=1S/C7H13NO4/c8-4-5-12-7(11)3-1-2-6(9)10/h1-5,8H2,(H,9,10). The third-order valence-corrected chi connectivity index (χ3v) is 1.15. The minimum atomic E-state index is -0.901. The molecule has 5 nitrogen and oxygen atoms in total. The maximum atomic E-state index is 10.7. The molecule has 0 radical (unpaired) electrons. The number of carboxylic acids is 1. The minimum Gasteiger partial charge on any atom is -0.481 e. The molecule has 0 aromatic rings. The van der Waals surface area contributed by atoms with Crippen LogP contribution in [0.5, 0.6) is 0 Å². The molecule has 0 saturated carbocycles. The summed E-state index contributed by atoms with van der Waals surface area (Å²) in [6.07, 6.45) is 0.461. The molecule has 0 aliphatic rings. The summed E-state index contributed by atoms with van der Waals surface area (Å²) in [6, 6.07) is 0. The Kier molecular flexibility index (Phi) is 6.00. The predicted octanol–water partition coefficient (Wildman–Crippen LogP) is -0.257. The number of carbonyl (C=O) groups is 2. The van der Waals surface area contributed by atoms with Crippen LogP contribution in [0.1, 0.15) is 19.3 Å². The highest BCUT2D eigenvalue weighted by atomic mass is 16.5. The summed E-state index contributed by atoms with van der Waals surface area (Å²) in [6.45, 7) is 0.497. The second kappa shape index (κ2) is 6.60. The summed E-state index contributed by atoms with van der Waals surface area (Å²) in [5, 5.41) is 8.23. The van der Waals surface area contributed by atoms with Gasteiger partial charge in [0.25, 0.3) is 0 Å². The second-order valence-electron chi connectivity index (χ2n) is 2.26. The van der Waals surface area contributed by atoms with Crippen molar-refractivity contribution in [3.63, 3.8) is 0 Å². The number of aliphatic carboxylic acids is 1. The highest BCUT2D eigenvalue weighted by Gasteiger charge is 2.03. The van der Waals surface area contributed by atoms with E-state index in [2.05, 4.69) is 4.74 Å². The van der Waals surface area contributed by atoms with Crippen molar-refractivity contribution in [3.8, 4) is 0 Å². The van der Waals surface area contributed by atoms with E-state index in [1.807, 2.05) is 0 Å². The second-order valence-corrected chi connectivity index (χ2v) is 2.26. The fourth-order valence-electron chi connectivity index (χ4n) is 0.629. The summed E-state index contributed by atoms with van der Waals surface area (Å²) >= 11 is 0. The number of nitrogens with two attached hydrogens (primary N) is 1. The molecule has 0 spiro atoms. The lowest BCUT2D eigenvalue weighted by Crippen LogP contribution is -2.13. The van der Waals surface area contributed by atoms with Crippen molar-refractivity contribution in [2.45, 2.75) is 19.3 Å². The Bertz CT molecular complexity index is 157. The van der Waals surface area contributed by atoms with Gasteiger partial charge in [0.05, 0.1) is 0 Å². The molecule has 0 atom stereocenters. The van der Waals surface area contributed by atoms with E-state index in [0.29, 0.717) is 13.0 Å². The average molecular weight is 175 g/mol. The van der Waals surface area contributed by atoms with E-state index in [4.69, 9.17) is 10.8 Å². The predicted molar refractivity (Wildman–Crippen MR) is 41.5 cm³/mol. The minimum absolute atomic E-state index is 0.00226. The van der Waals surface area contributed by atoms with Crippen molar-refractivity contribution in [2.24, 2.45) is 5.73 Å². The van der Waals surface area contributed by atoms with Gasteiger partial charge in [0.2, 0.25) is 0 Å². The third-order valence-electron chi connectivity index (χ3n) is 1.15. The van der Waals surface area contributed by atoms with Crippen molar-refractivity contribution in [1.82, 2.24) is 0 Å². The fraction of sp³-hybridized carbons (Fsp3) is 0.714. The lowest BCUT2D eigenvalue weighted by Gasteiger charge is -2.00. The zero-order chi connectivity index (χ0) is 9.40. The first kappa shape index (κ1) is 10.9. The van der Waals surface area contributed by atoms with Crippen molar-refractivity contribution < 1.29 is 19.4 Å². The van der Waals surface area contributed by atoms with E-state index in [1.165, 1.54) is 0 Å². The first-order valence-electron chi connectivity index (χ1n) is 3.74. The summed E-state index contributed by atoms with van der Waals surface area (Å²) in [5.74, 6) is -1.29. The van der Waals surface area contributed by atoms with Crippen LogP contribution in [-0.2, 0) is 14.3 Å². The van der Waals surface area contributed by atoms with Crippen LogP contribution < -0.4 is 5.73 Å². The molecule has 0 aromatic carbocycles. The number of esters is 1. The molecule has 0 amide bonds. The topological polar surface area (TPSA) is 89.6 Å². The molecule has 0 fully saturated rings. The Labute approximate surface area is 70.5 Å². The lowest BCUT2D eigenvalue weighted by atomic mass is 10.2. The lowest BCUT2D eigenvalue weighted by molar-refractivity contribution is -0.143. The average Bonchev–Trinajstić information content (AvgIpc) is 2.00. The number of rotatable bonds is 6. The number of carbonyl (C=O) groups excluding carboxylic acids is 1. The van der Waals surface area contributed by atoms with Crippen LogP contribution in [0.25, 0.3) is 0 Å². The Balaban J connectivity index is 3.25. The quantitative estimate of drug-likeness (QED) is 0.543. The number of hydrogen-bond acceptors (Lipinski definition) is 4. The first-order chi connectivity index (χ1) is 5.66. The molecule has 3 N–H and O–H groups in total. The Morgan fingerprint density at radius 2 is 2.00 bits per heavy atom. The van der Waals surface area contributed by atoms with Crippen LogP contribution in [0.3, 0.4) is 0 Å². The molecule has 0 unspecified atom stereocenters. The van der Waals surface area contributed by atoms with Gasteiger partial charge >= 0.3 is 11.9 Å². The van der Waals surface area contributed by atoms with Crippen LogP contribution >= 0.6 is 0 Å². The third kappa shape index (κ3) is 7.01. The summed E-state index contributed by atoms with van der Waals surface area (Å²) in [4.78, 5) is 20.7. The monoisotopic (exact) mass is 175 g/mol. The number of hydrogen-bond donors (Lipinski definition) is 2. The molecule has 0 rings (SSSR count). The zero-order valence-electron chi connectivity index (χ0n) is 6.78. The van der Waals surface area contributed by atoms with Gasteiger partial charge in [-0.05, 0) is 6.42 Å².